The molecule has 142 valence electrons. The highest BCUT2D eigenvalue weighted by Crippen LogP contribution is 2.42. The van der Waals surface area contributed by atoms with Gasteiger partial charge >= 0.3 is 0 Å². The molecule has 27 heavy (non-hydrogen) atoms. The zero-order valence-electron chi connectivity index (χ0n) is 15.4. The van der Waals surface area contributed by atoms with Crippen LogP contribution in [0, 0.1) is 5.92 Å². The van der Waals surface area contributed by atoms with Crippen LogP contribution in [-0.4, -0.2) is 52.7 Å². The highest BCUT2D eigenvalue weighted by atomic mass is 16.5. The molecule has 2 saturated heterocycles. The molecule has 0 radical (unpaired) electrons. The van der Waals surface area contributed by atoms with E-state index in [2.05, 4.69) is 9.97 Å². The molecule has 1 atom stereocenters. The predicted molar refractivity (Wildman–Crippen MR) is 101 cm³/mol. The number of carbonyl (C=O) groups excluding carboxylic acids is 1. The number of ether oxygens (including phenoxy) is 2. The lowest BCUT2D eigenvalue weighted by Gasteiger charge is -2.42. The highest BCUT2D eigenvalue weighted by Gasteiger charge is 2.46. The van der Waals surface area contributed by atoms with Crippen LogP contribution >= 0.6 is 0 Å². The van der Waals surface area contributed by atoms with Gasteiger partial charge in [0, 0.05) is 43.9 Å². The molecule has 4 rings (SSSR count). The number of amides is 1. The number of hydrogen-bond acceptors (Lipinski definition) is 5. The van der Waals surface area contributed by atoms with Crippen LogP contribution in [-0.2, 0) is 4.74 Å². The fourth-order valence-electron chi connectivity index (χ4n) is 4.26. The van der Waals surface area contributed by atoms with E-state index in [1.807, 2.05) is 17.0 Å². The zero-order valence-corrected chi connectivity index (χ0v) is 15.4. The number of hydrogen-bond donors (Lipinski definition) is 0. The lowest BCUT2D eigenvalue weighted by molar-refractivity contribution is -0.0648. The van der Waals surface area contributed by atoms with Crippen molar-refractivity contribution in [2.75, 3.05) is 26.3 Å². The summed E-state index contributed by atoms with van der Waals surface area (Å²) in [5.74, 6) is 1.37. The lowest BCUT2D eigenvalue weighted by atomic mass is 9.78. The van der Waals surface area contributed by atoms with Gasteiger partial charge in [-0.3, -0.25) is 14.8 Å². The van der Waals surface area contributed by atoms with Crippen LogP contribution < -0.4 is 4.74 Å². The molecule has 1 amide bonds. The van der Waals surface area contributed by atoms with Crippen molar-refractivity contribution >= 4 is 5.91 Å². The van der Waals surface area contributed by atoms with Gasteiger partial charge in [-0.1, -0.05) is 0 Å². The van der Waals surface area contributed by atoms with Gasteiger partial charge in [-0.2, -0.15) is 0 Å². The summed E-state index contributed by atoms with van der Waals surface area (Å²) in [6.45, 7) is 2.94. The molecule has 4 heterocycles. The Kier molecular flexibility index (Phi) is 5.34. The number of rotatable bonds is 5. The highest BCUT2D eigenvalue weighted by molar-refractivity contribution is 5.94. The summed E-state index contributed by atoms with van der Waals surface area (Å²) in [5, 5.41) is 0. The third kappa shape index (κ3) is 3.95. The molecule has 2 fully saturated rings. The molecule has 6 heteroatoms. The maximum absolute atomic E-state index is 12.6. The van der Waals surface area contributed by atoms with Crippen LogP contribution in [0.1, 0.15) is 36.0 Å². The smallest absolute Gasteiger partial charge is 0.253 e. The van der Waals surface area contributed by atoms with Gasteiger partial charge in [0.05, 0.1) is 18.4 Å². The minimum absolute atomic E-state index is 0.0849. The monoisotopic (exact) mass is 367 g/mol. The van der Waals surface area contributed by atoms with Crippen LogP contribution in [0.4, 0.5) is 0 Å². The van der Waals surface area contributed by atoms with Crippen LogP contribution in [0.5, 0.6) is 5.75 Å². The van der Waals surface area contributed by atoms with E-state index in [4.69, 9.17) is 9.47 Å². The van der Waals surface area contributed by atoms with Gasteiger partial charge in [0.25, 0.3) is 5.91 Å². The molecule has 6 nitrogen and oxygen atoms in total. The van der Waals surface area contributed by atoms with E-state index < -0.39 is 0 Å². The maximum atomic E-state index is 12.6. The maximum Gasteiger partial charge on any atom is 0.253 e. The zero-order chi connectivity index (χ0) is 18.5. The summed E-state index contributed by atoms with van der Waals surface area (Å²) in [6, 6.07) is 7.36. The average molecular weight is 367 g/mol. The Morgan fingerprint density at radius 2 is 2.00 bits per heavy atom. The van der Waals surface area contributed by atoms with E-state index in [1.54, 1.807) is 36.9 Å². The van der Waals surface area contributed by atoms with Crippen molar-refractivity contribution in [3.63, 3.8) is 0 Å². The summed E-state index contributed by atoms with van der Waals surface area (Å²) >= 11 is 0. The molecule has 2 aromatic heterocycles. The average Bonchev–Trinajstić information content (AvgIpc) is 3.11. The predicted octanol–water partition coefficient (Wildman–Crippen LogP) is 2.96. The summed E-state index contributed by atoms with van der Waals surface area (Å²) in [7, 11) is 0. The van der Waals surface area contributed by atoms with Gasteiger partial charge in [0.2, 0.25) is 0 Å². The molecular formula is C21H25N3O3. The van der Waals surface area contributed by atoms with E-state index >= 15 is 0 Å². The van der Waals surface area contributed by atoms with Gasteiger partial charge in [-0.15, -0.1) is 0 Å². The second-order valence-electron chi connectivity index (χ2n) is 7.25. The second kappa shape index (κ2) is 8.05. The lowest BCUT2D eigenvalue weighted by Crippen LogP contribution is -2.49. The minimum atomic E-state index is -0.104. The molecule has 0 bridgehead atoms. The van der Waals surface area contributed by atoms with Crippen molar-refractivity contribution in [3.05, 3.63) is 54.6 Å². The largest absolute Gasteiger partial charge is 0.492 e. The number of nitrogens with zero attached hydrogens (tertiary/aromatic N) is 3. The first-order chi connectivity index (χ1) is 13.3. The molecule has 2 aliphatic heterocycles. The van der Waals surface area contributed by atoms with Crippen molar-refractivity contribution in [3.8, 4) is 5.75 Å². The van der Waals surface area contributed by atoms with Crippen molar-refractivity contribution in [2.24, 2.45) is 5.92 Å². The van der Waals surface area contributed by atoms with Crippen LogP contribution in [0.15, 0.2) is 49.1 Å². The summed E-state index contributed by atoms with van der Waals surface area (Å²) in [6.07, 6.45) is 10.6. The van der Waals surface area contributed by atoms with Gasteiger partial charge in [-0.05, 0) is 55.9 Å². The van der Waals surface area contributed by atoms with Crippen molar-refractivity contribution in [1.82, 2.24) is 14.9 Å². The van der Waals surface area contributed by atoms with E-state index in [0.717, 1.165) is 51.1 Å². The number of pyridine rings is 2. The standard InChI is InChI=1S/C21H25N3O3/c25-20(17-3-10-22-11-4-17)24-12-7-21(8-13-24)18(6-15-27-21)5-14-26-19-2-1-9-23-16-19/h1-4,9-11,16,18H,5-8,12-15H2/t18-/m1/s1. The van der Waals surface area contributed by atoms with E-state index in [0.29, 0.717) is 18.1 Å². The SMILES string of the molecule is O=C(c1ccncc1)N1CCC2(CC1)OCC[C@H]2CCOc1cccnc1. The number of likely N-dealkylation sites (tertiary alicyclic amines) is 1. The molecule has 2 aliphatic rings. The Bertz CT molecular complexity index is 746. The Labute approximate surface area is 159 Å². The second-order valence-corrected chi connectivity index (χ2v) is 7.25. The van der Waals surface area contributed by atoms with Gasteiger partial charge in [0.15, 0.2) is 0 Å². The van der Waals surface area contributed by atoms with Crippen LogP contribution in [0.2, 0.25) is 0 Å². The third-order valence-electron chi connectivity index (χ3n) is 5.79. The molecular weight excluding hydrogens is 342 g/mol. The molecule has 0 N–H and O–H groups in total. The first-order valence-electron chi connectivity index (χ1n) is 9.63. The number of carbonyl (C=O) groups is 1. The van der Waals surface area contributed by atoms with Gasteiger partial charge < -0.3 is 14.4 Å². The van der Waals surface area contributed by atoms with Crippen LogP contribution in [0.3, 0.4) is 0 Å². The Balaban J connectivity index is 1.31. The van der Waals surface area contributed by atoms with E-state index in [-0.39, 0.29) is 11.5 Å². The normalized spacial score (nSPS) is 21.3. The van der Waals surface area contributed by atoms with Crippen molar-refractivity contribution < 1.29 is 14.3 Å². The van der Waals surface area contributed by atoms with E-state index in [1.165, 1.54) is 0 Å². The molecule has 0 aliphatic carbocycles. The van der Waals surface area contributed by atoms with Crippen molar-refractivity contribution in [2.45, 2.75) is 31.3 Å². The minimum Gasteiger partial charge on any atom is -0.492 e. The summed E-state index contributed by atoms with van der Waals surface area (Å²) in [5.41, 5.74) is 0.600. The van der Waals surface area contributed by atoms with E-state index in [9.17, 15) is 4.79 Å². The molecule has 0 aromatic carbocycles. The van der Waals surface area contributed by atoms with Gasteiger partial charge in [0.1, 0.15) is 5.75 Å². The first kappa shape index (κ1) is 17.9. The Hall–Kier alpha value is -2.47. The molecule has 1 spiro atoms. The Morgan fingerprint density at radius 1 is 1.19 bits per heavy atom. The third-order valence-corrected chi connectivity index (χ3v) is 5.79. The summed E-state index contributed by atoms with van der Waals surface area (Å²) in [4.78, 5) is 22.6. The van der Waals surface area contributed by atoms with Crippen molar-refractivity contribution in [1.29, 1.82) is 0 Å². The number of aromatic nitrogens is 2. The molecule has 2 aromatic rings. The van der Waals surface area contributed by atoms with Crippen LogP contribution in [0.25, 0.3) is 0 Å². The molecule has 0 saturated carbocycles. The fraction of sp³-hybridized carbons (Fsp3) is 0.476. The number of piperidine rings is 1. The summed E-state index contributed by atoms with van der Waals surface area (Å²) < 4.78 is 12.0. The molecule has 0 unspecified atom stereocenters. The topological polar surface area (TPSA) is 64.6 Å². The Morgan fingerprint density at radius 3 is 2.74 bits per heavy atom. The van der Waals surface area contributed by atoms with Gasteiger partial charge in [-0.25, -0.2) is 0 Å². The fourth-order valence-corrected chi connectivity index (χ4v) is 4.26. The first-order valence-corrected chi connectivity index (χ1v) is 9.63. The quantitative estimate of drug-likeness (QED) is 0.813.